The summed E-state index contributed by atoms with van der Waals surface area (Å²) in [6.07, 6.45) is 12.4. The Morgan fingerprint density at radius 2 is 1.73 bits per heavy atom. The van der Waals surface area contributed by atoms with Crippen LogP contribution in [0.25, 0.3) is 0 Å². The maximum atomic E-state index is 1.58. The van der Waals surface area contributed by atoms with Crippen molar-refractivity contribution in [1.29, 1.82) is 0 Å². The number of rotatable bonds is 0. The van der Waals surface area contributed by atoms with Crippen molar-refractivity contribution in [2.75, 3.05) is 0 Å². The van der Waals surface area contributed by atoms with Crippen LogP contribution in [0.1, 0.15) is 38.5 Å². The van der Waals surface area contributed by atoms with E-state index < -0.39 is 0 Å². The van der Waals surface area contributed by atoms with Crippen LogP contribution < -0.4 is 0 Å². The molecule has 2 fully saturated rings. The highest BCUT2D eigenvalue weighted by molar-refractivity contribution is 6.35. The summed E-state index contributed by atoms with van der Waals surface area (Å²) < 4.78 is 0. The largest absolute Gasteiger partial charge is 0.120 e. The third kappa shape index (κ3) is 2.01. The van der Waals surface area contributed by atoms with Gasteiger partial charge in [0.1, 0.15) is 7.28 Å². The lowest BCUT2D eigenvalue weighted by Crippen LogP contribution is -2.02. The van der Waals surface area contributed by atoms with Gasteiger partial charge in [-0.1, -0.05) is 44.7 Å². The van der Waals surface area contributed by atoms with Gasteiger partial charge in [-0.25, -0.2) is 0 Å². The summed E-state index contributed by atoms with van der Waals surface area (Å²) in [4.78, 5) is 0. The maximum Gasteiger partial charge on any atom is 0.120 e. The van der Waals surface area contributed by atoms with Gasteiger partial charge in [0.05, 0.1) is 0 Å². The van der Waals surface area contributed by atoms with Crippen molar-refractivity contribution >= 4 is 7.28 Å². The summed E-state index contributed by atoms with van der Waals surface area (Å²) in [6.45, 7) is 0. The van der Waals surface area contributed by atoms with E-state index in [1.54, 1.807) is 32.0 Å². The Hall–Kier alpha value is 0.0649. The van der Waals surface area contributed by atoms with Gasteiger partial charge in [-0.15, -0.1) is 0 Å². The molecule has 0 N–H and O–H groups in total. The highest BCUT2D eigenvalue weighted by atomic mass is 14.2. The molecular weight excluding hydrogens is 131 g/mol. The first-order valence-corrected chi connectivity index (χ1v) is 5.45. The van der Waals surface area contributed by atoms with Gasteiger partial charge in [-0.05, 0) is 18.3 Å². The fourth-order valence-electron chi connectivity index (χ4n) is 2.96. The van der Waals surface area contributed by atoms with Crippen LogP contribution in [0.2, 0.25) is 12.6 Å². The Bertz CT molecular complexity index is 96.0. The second kappa shape index (κ2) is 3.64. The van der Waals surface area contributed by atoms with E-state index in [0.717, 1.165) is 11.8 Å². The molecule has 2 bridgehead atoms. The van der Waals surface area contributed by atoms with Crippen LogP contribution in [0, 0.1) is 11.8 Å². The lowest BCUT2D eigenvalue weighted by atomic mass is 9.67. The molecule has 0 spiro atoms. The molecule has 1 saturated carbocycles. The molecule has 0 nitrogen and oxygen atoms in total. The molecule has 0 aromatic rings. The SMILES string of the molecule is B1CCC2CCCCC(C1)C2. The minimum absolute atomic E-state index is 1.13. The van der Waals surface area contributed by atoms with Crippen LogP contribution in [0.4, 0.5) is 0 Å². The molecule has 0 aromatic heterocycles. The van der Waals surface area contributed by atoms with Gasteiger partial charge in [0.2, 0.25) is 0 Å². The number of hydrogen-bond donors (Lipinski definition) is 0. The van der Waals surface area contributed by atoms with E-state index in [0.29, 0.717) is 0 Å². The van der Waals surface area contributed by atoms with Crippen LogP contribution in [0.15, 0.2) is 0 Å². The Balaban J connectivity index is 1.96. The average Bonchev–Trinajstić information content (AvgIpc) is 2.36. The summed E-state index contributed by atoms with van der Waals surface area (Å²) in [5.74, 6) is 2.26. The molecule has 0 aromatic carbocycles. The predicted octanol–water partition coefficient (Wildman–Crippen LogP) is 2.86. The average molecular weight is 150 g/mol. The highest BCUT2D eigenvalue weighted by Gasteiger charge is 2.22. The molecule has 11 heavy (non-hydrogen) atoms. The third-order valence-corrected chi connectivity index (χ3v) is 3.62. The summed E-state index contributed by atoms with van der Waals surface area (Å²) in [5, 5.41) is 0. The molecule has 62 valence electrons. The first-order chi connectivity index (χ1) is 5.45. The van der Waals surface area contributed by atoms with E-state index in [1.807, 2.05) is 0 Å². The van der Waals surface area contributed by atoms with E-state index in [-0.39, 0.29) is 0 Å². The lowest BCUT2D eigenvalue weighted by molar-refractivity contribution is 0.397. The van der Waals surface area contributed by atoms with Crippen molar-refractivity contribution in [2.24, 2.45) is 11.8 Å². The molecule has 2 rings (SSSR count). The van der Waals surface area contributed by atoms with Crippen molar-refractivity contribution in [3.8, 4) is 0 Å². The van der Waals surface area contributed by atoms with Gasteiger partial charge in [0.15, 0.2) is 0 Å². The standard InChI is InChI=1S/C10H19B/c1-2-4-10-7-9(3-1)5-6-11-8-10/h9-11H,1-8H2. The van der Waals surface area contributed by atoms with E-state index >= 15 is 0 Å². The molecule has 1 heteroatoms. The predicted molar refractivity (Wildman–Crippen MR) is 51.4 cm³/mol. The Kier molecular flexibility index (Phi) is 2.55. The monoisotopic (exact) mass is 150 g/mol. The number of fused-ring (bicyclic) bond motifs is 2. The van der Waals surface area contributed by atoms with Gasteiger partial charge < -0.3 is 0 Å². The molecule has 1 saturated heterocycles. The van der Waals surface area contributed by atoms with Crippen LogP contribution in [-0.4, -0.2) is 7.28 Å². The van der Waals surface area contributed by atoms with Gasteiger partial charge in [0, 0.05) is 0 Å². The van der Waals surface area contributed by atoms with Crippen LogP contribution >= 0.6 is 0 Å². The summed E-state index contributed by atoms with van der Waals surface area (Å²) in [5.41, 5.74) is 0. The zero-order valence-corrected chi connectivity index (χ0v) is 7.52. The van der Waals surface area contributed by atoms with Gasteiger partial charge in [-0.3, -0.25) is 0 Å². The van der Waals surface area contributed by atoms with Gasteiger partial charge >= 0.3 is 0 Å². The minimum atomic E-state index is 1.13. The zero-order chi connectivity index (χ0) is 7.52. The number of hydrogen-bond acceptors (Lipinski definition) is 0. The molecular formula is C10H19B. The lowest BCUT2D eigenvalue weighted by Gasteiger charge is -2.14. The fraction of sp³-hybridized carbons (Fsp3) is 1.00. The molecule has 2 atom stereocenters. The van der Waals surface area contributed by atoms with Crippen molar-refractivity contribution < 1.29 is 0 Å². The normalized spacial score (nSPS) is 38.5. The summed E-state index contributed by atoms with van der Waals surface area (Å²) >= 11 is 0. The van der Waals surface area contributed by atoms with Crippen LogP contribution in [0.3, 0.4) is 0 Å². The second-order valence-electron chi connectivity index (χ2n) is 4.54. The Labute approximate surface area is 71.0 Å². The van der Waals surface area contributed by atoms with Gasteiger partial charge in [-0.2, -0.15) is 0 Å². The highest BCUT2D eigenvalue weighted by Crippen LogP contribution is 2.35. The quantitative estimate of drug-likeness (QED) is 0.465. The molecule has 1 aliphatic heterocycles. The molecule has 2 unspecified atom stereocenters. The van der Waals surface area contributed by atoms with Crippen molar-refractivity contribution in [1.82, 2.24) is 0 Å². The Morgan fingerprint density at radius 3 is 2.64 bits per heavy atom. The van der Waals surface area contributed by atoms with Crippen LogP contribution in [0.5, 0.6) is 0 Å². The molecule has 0 amide bonds. The third-order valence-electron chi connectivity index (χ3n) is 3.62. The first kappa shape index (κ1) is 7.70. The molecule has 1 heterocycles. The summed E-state index contributed by atoms with van der Waals surface area (Å²) in [7, 11) is 1.53. The van der Waals surface area contributed by atoms with E-state index in [9.17, 15) is 0 Å². The topological polar surface area (TPSA) is 0 Å². The molecule has 1 aliphatic carbocycles. The Morgan fingerprint density at radius 1 is 0.909 bits per heavy atom. The first-order valence-electron chi connectivity index (χ1n) is 5.45. The van der Waals surface area contributed by atoms with Crippen molar-refractivity contribution in [2.45, 2.75) is 51.2 Å². The van der Waals surface area contributed by atoms with Crippen molar-refractivity contribution in [3.63, 3.8) is 0 Å². The fourth-order valence-corrected chi connectivity index (χ4v) is 2.96. The van der Waals surface area contributed by atoms with Gasteiger partial charge in [0.25, 0.3) is 0 Å². The van der Waals surface area contributed by atoms with Crippen LogP contribution in [-0.2, 0) is 0 Å². The van der Waals surface area contributed by atoms with Crippen molar-refractivity contribution in [3.05, 3.63) is 0 Å². The second-order valence-corrected chi connectivity index (χ2v) is 4.54. The molecule has 0 radical (unpaired) electrons. The minimum Gasteiger partial charge on any atom is -0.0772 e. The van der Waals surface area contributed by atoms with E-state index in [2.05, 4.69) is 0 Å². The maximum absolute atomic E-state index is 1.58. The summed E-state index contributed by atoms with van der Waals surface area (Å²) in [6, 6.07) is 0. The molecule has 2 aliphatic rings. The van der Waals surface area contributed by atoms with E-state index in [1.165, 1.54) is 26.4 Å². The zero-order valence-electron chi connectivity index (χ0n) is 7.52. The smallest absolute Gasteiger partial charge is 0.0772 e. The van der Waals surface area contributed by atoms with E-state index in [4.69, 9.17) is 0 Å².